The number of aryl methyl sites for hydroxylation is 1. The standard InChI is InChI=1S/C27H29N5/c1-2-9-24(10-3-1)32-16-12-23(29-32)20-30-14-6-15-31(18-17-30)27-25-11-4-7-21(25)19-22-8-5-13-28-26(22)27/h1-3,5,8-10,12-13,16,19H,4,6-7,11,14-15,17-18,20H2. The van der Waals surface area contributed by atoms with Gasteiger partial charge in [-0.3, -0.25) is 9.88 Å². The summed E-state index contributed by atoms with van der Waals surface area (Å²) >= 11 is 0. The van der Waals surface area contributed by atoms with Crippen molar-refractivity contribution >= 4 is 16.6 Å². The molecule has 1 aliphatic carbocycles. The first-order valence-corrected chi connectivity index (χ1v) is 11.8. The maximum Gasteiger partial charge on any atom is 0.0938 e. The number of rotatable bonds is 4. The van der Waals surface area contributed by atoms with Crippen LogP contribution in [0.4, 0.5) is 5.69 Å². The van der Waals surface area contributed by atoms with Crippen LogP contribution in [-0.4, -0.2) is 45.8 Å². The molecule has 4 aromatic rings. The zero-order chi connectivity index (χ0) is 21.3. The number of benzene rings is 2. The third-order valence-electron chi connectivity index (χ3n) is 6.89. The molecule has 0 unspecified atom stereocenters. The maximum atomic E-state index is 4.82. The van der Waals surface area contributed by atoms with E-state index < -0.39 is 0 Å². The molecule has 5 heteroatoms. The molecular weight excluding hydrogens is 394 g/mol. The summed E-state index contributed by atoms with van der Waals surface area (Å²) in [4.78, 5) is 9.98. The Hall–Kier alpha value is -3.18. The molecule has 6 rings (SSSR count). The third kappa shape index (κ3) is 3.67. The summed E-state index contributed by atoms with van der Waals surface area (Å²) in [7, 11) is 0. The Bertz CT molecular complexity index is 1230. The first-order chi connectivity index (χ1) is 15.8. The summed E-state index contributed by atoms with van der Waals surface area (Å²) in [6, 6.07) is 19.1. The minimum atomic E-state index is 0.902. The minimum absolute atomic E-state index is 0.902. The molecule has 0 atom stereocenters. The van der Waals surface area contributed by atoms with Gasteiger partial charge in [0.15, 0.2) is 0 Å². The Morgan fingerprint density at radius 2 is 1.78 bits per heavy atom. The second-order valence-corrected chi connectivity index (χ2v) is 9.00. The van der Waals surface area contributed by atoms with Gasteiger partial charge in [-0.1, -0.05) is 24.3 Å². The van der Waals surface area contributed by atoms with Crippen LogP contribution < -0.4 is 4.90 Å². The van der Waals surface area contributed by atoms with Gasteiger partial charge in [0.1, 0.15) is 0 Å². The van der Waals surface area contributed by atoms with Crippen molar-refractivity contribution in [2.45, 2.75) is 32.2 Å². The van der Waals surface area contributed by atoms with Crippen molar-refractivity contribution in [1.29, 1.82) is 0 Å². The average molecular weight is 424 g/mol. The van der Waals surface area contributed by atoms with Gasteiger partial charge in [-0.2, -0.15) is 5.10 Å². The maximum absolute atomic E-state index is 4.82. The number of aromatic nitrogens is 3. The van der Waals surface area contributed by atoms with E-state index in [1.807, 2.05) is 16.9 Å². The Balaban J connectivity index is 1.21. The van der Waals surface area contributed by atoms with Crippen LogP contribution in [-0.2, 0) is 19.4 Å². The molecule has 1 aliphatic heterocycles. The summed E-state index contributed by atoms with van der Waals surface area (Å²) in [5.74, 6) is 0. The molecular formula is C27H29N5. The van der Waals surface area contributed by atoms with Crippen LogP contribution in [0.3, 0.4) is 0 Å². The van der Waals surface area contributed by atoms with E-state index in [4.69, 9.17) is 10.1 Å². The van der Waals surface area contributed by atoms with Gasteiger partial charge >= 0.3 is 0 Å². The van der Waals surface area contributed by atoms with Gasteiger partial charge in [0.2, 0.25) is 0 Å². The average Bonchev–Trinajstić information content (AvgIpc) is 3.43. The van der Waals surface area contributed by atoms with E-state index in [1.165, 1.54) is 41.4 Å². The number of hydrogen-bond donors (Lipinski definition) is 0. The predicted octanol–water partition coefficient (Wildman–Crippen LogP) is 4.62. The predicted molar refractivity (Wildman–Crippen MR) is 129 cm³/mol. The van der Waals surface area contributed by atoms with E-state index >= 15 is 0 Å². The number of nitrogens with zero attached hydrogens (tertiary/aromatic N) is 5. The van der Waals surface area contributed by atoms with Gasteiger partial charge in [0.25, 0.3) is 0 Å². The molecule has 1 saturated heterocycles. The summed E-state index contributed by atoms with van der Waals surface area (Å²) < 4.78 is 1.98. The smallest absolute Gasteiger partial charge is 0.0938 e. The molecule has 0 spiro atoms. The monoisotopic (exact) mass is 423 g/mol. The molecule has 32 heavy (non-hydrogen) atoms. The molecule has 3 heterocycles. The fraction of sp³-hybridized carbons (Fsp3) is 0.333. The summed E-state index contributed by atoms with van der Waals surface area (Å²) in [5, 5.41) is 6.11. The first kappa shape index (κ1) is 19.5. The second kappa shape index (κ2) is 8.40. The van der Waals surface area contributed by atoms with E-state index in [1.54, 1.807) is 5.56 Å². The zero-order valence-electron chi connectivity index (χ0n) is 18.5. The lowest BCUT2D eigenvalue weighted by Gasteiger charge is -2.27. The van der Waals surface area contributed by atoms with E-state index in [0.717, 1.165) is 50.5 Å². The molecule has 0 amide bonds. The van der Waals surface area contributed by atoms with Crippen molar-refractivity contribution < 1.29 is 0 Å². The van der Waals surface area contributed by atoms with Crippen molar-refractivity contribution in [2.75, 3.05) is 31.1 Å². The molecule has 162 valence electrons. The highest BCUT2D eigenvalue weighted by Gasteiger charge is 2.24. The van der Waals surface area contributed by atoms with Gasteiger partial charge < -0.3 is 4.90 Å². The summed E-state index contributed by atoms with van der Waals surface area (Å²) in [6.45, 7) is 5.20. The van der Waals surface area contributed by atoms with Crippen molar-refractivity contribution in [2.24, 2.45) is 0 Å². The molecule has 2 aliphatic rings. The molecule has 5 nitrogen and oxygen atoms in total. The molecule has 2 aromatic carbocycles. The van der Waals surface area contributed by atoms with Crippen molar-refractivity contribution in [3.05, 3.63) is 83.8 Å². The fourth-order valence-electron chi connectivity index (χ4n) is 5.35. The fourth-order valence-corrected chi connectivity index (χ4v) is 5.35. The SMILES string of the molecule is c1ccc(-n2ccc(CN3CCCN(c4c5c(cc6cccnc46)CCC5)CC3)n2)cc1. The van der Waals surface area contributed by atoms with Crippen molar-refractivity contribution in [3.8, 4) is 5.69 Å². The Kier molecular flexibility index (Phi) is 5.12. The van der Waals surface area contributed by atoms with E-state index in [2.05, 4.69) is 64.5 Å². The van der Waals surface area contributed by atoms with Crippen molar-refractivity contribution in [3.63, 3.8) is 0 Å². The molecule has 0 N–H and O–H groups in total. The van der Waals surface area contributed by atoms with Gasteiger partial charge in [0, 0.05) is 50.5 Å². The highest BCUT2D eigenvalue weighted by Crippen LogP contribution is 2.37. The normalized spacial score (nSPS) is 16.9. The molecule has 0 radical (unpaired) electrons. The summed E-state index contributed by atoms with van der Waals surface area (Å²) in [6.07, 6.45) is 8.84. The number of para-hydroxylation sites is 1. The van der Waals surface area contributed by atoms with Crippen LogP contribution in [0.5, 0.6) is 0 Å². The van der Waals surface area contributed by atoms with Gasteiger partial charge in [-0.15, -0.1) is 0 Å². The first-order valence-electron chi connectivity index (χ1n) is 11.8. The minimum Gasteiger partial charge on any atom is -0.368 e. The molecule has 0 saturated carbocycles. The second-order valence-electron chi connectivity index (χ2n) is 9.00. The third-order valence-corrected chi connectivity index (χ3v) is 6.89. The number of anilines is 1. The highest BCUT2D eigenvalue weighted by atomic mass is 15.3. The van der Waals surface area contributed by atoms with E-state index in [9.17, 15) is 0 Å². The Morgan fingerprint density at radius 3 is 2.72 bits per heavy atom. The van der Waals surface area contributed by atoms with Gasteiger partial charge in [0.05, 0.1) is 22.6 Å². The van der Waals surface area contributed by atoms with Crippen molar-refractivity contribution in [1.82, 2.24) is 19.7 Å². The molecule has 1 fully saturated rings. The zero-order valence-corrected chi connectivity index (χ0v) is 18.5. The lowest BCUT2D eigenvalue weighted by molar-refractivity contribution is 0.281. The quantitative estimate of drug-likeness (QED) is 0.480. The lowest BCUT2D eigenvalue weighted by atomic mass is 10.0. The Morgan fingerprint density at radius 1 is 0.844 bits per heavy atom. The van der Waals surface area contributed by atoms with Crippen LogP contribution in [0.1, 0.15) is 29.7 Å². The van der Waals surface area contributed by atoms with Gasteiger partial charge in [-0.25, -0.2) is 4.68 Å². The lowest BCUT2D eigenvalue weighted by Crippen LogP contribution is -2.31. The van der Waals surface area contributed by atoms with Crippen LogP contribution in [0.2, 0.25) is 0 Å². The number of pyridine rings is 1. The van der Waals surface area contributed by atoms with Crippen LogP contribution in [0.25, 0.3) is 16.6 Å². The topological polar surface area (TPSA) is 37.2 Å². The number of hydrogen-bond acceptors (Lipinski definition) is 4. The van der Waals surface area contributed by atoms with Gasteiger partial charge in [-0.05, 0) is 67.1 Å². The molecule has 2 aromatic heterocycles. The number of fused-ring (bicyclic) bond motifs is 2. The Labute approximate surface area is 189 Å². The highest BCUT2D eigenvalue weighted by molar-refractivity contribution is 5.94. The van der Waals surface area contributed by atoms with Crippen LogP contribution in [0, 0.1) is 0 Å². The molecule has 0 bridgehead atoms. The summed E-state index contributed by atoms with van der Waals surface area (Å²) in [5.41, 5.74) is 7.92. The van der Waals surface area contributed by atoms with Crippen LogP contribution >= 0.6 is 0 Å². The largest absolute Gasteiger partial charge is 0.368 e. The van der Waals surface area contributed by atoms with E-state index in [0.29, 0.717) is 0 Å². The van der Waals surface area contributed by atoms with E-state index in [-0.39, 0.29) is 0 Å². The van der Waals surface area contributed by atoms with Crippen LogP contribution in [0.15, 0.2) is 67.0 Å².